The Hall–Kier alpha value is -1.55. The lowest BCUT2D eigenvalue weighted by atomic mass is 10.2. The van der Waals surface area contributed by atoms with Gasteiger partial charge in [0.25, 0.3) is 0 Å². The van der Waals surface area contributed by atoms with Gasteiger partial charge >= 0.3 is 0 Å². The molecule has 1 saturated carbocycles. The Labute approximate surface area is 118 Å². The first-order valence-corrected chi connectivity index (χ1v) is 7.69. The van der Waals surface area contributed by atoms with Crippen molar-refractivity contribution in [2.24, 2.45) is 0 Å². The lowest BCUT2D eigenvalue weighted by molar-refractivity contribution is 0.786. The zero-order valence-corrected chi connectivity index (χ0v) is 12.0. The third-order valence-corrected chi connectivity index (χ3v) is 4.37. The summed E-state index contributed by atoms with van der Waals surface area (Å²) in [5.41, 5.74) is 9.15. The van der Waals surface area contributed by atoms with E-state index in [0.29, 0.717) is 6.04 Å². The van der Waals surface area contributed by atoms with E-state index in [1.54, 1.807) is 11.3 Å². The van der Waals surface area contributed by atoms with E-state index in [4.69, 9.17) is 10.7 Å². The Kier molecular flexibility index (Phi) is 3.42. The van der Waals surface area contributed by atoms with Crippen LogP contribution in [0.25, 0.3) is 0 Å². The molecule has 0 aliphatic heterocycles. The fraction of sp³-hybridized carbons (Fsp3) is 0.400. The number of nitrogens with zero attached hydrogens (tertiary/aromatic N) is 2. The third kappa shape index (κ3) is 2.89. The molecule has 0 atom stereocenters. The fourth-order valence-corrected chi connectivity index (χ4v) is 3.20. The number of thiazole rings is 1. The standard InChI is InChI=1S/C15H19N3S/c1-2-13-10-19-15(17-13)18(14-6-7-14)9-11-4-3-5-12(16)8-11/h3-5,8,10,14H,2,6-7,9,16H2,1H3. The maximum Gasteiger partial charge on any atom is 0.186 e. The summed E-state index contributed by atoms with van der Waals surface area (Å²) < 4.78 is 0. The Balaban J connectivity index is 1.81. The van der Waals surface area contributed by atoms with Crippen molar-refractivity contribution in [2.75, 3.05) is 10.6 Å². The molecule has 0 spiro atoms. The second kappa shape index (κ2) is 5.21. The quantitative estimate of drug-likeness (QED) is 0.848. The average Bonchev–Trinajstić information content (AvgIpc) is 3.13. The number of anilines is 2. The van der Waals surface area contributed by atoms with E-state index in [1.807, 2.05) is 12.1 Å². The van der Waals surface area contributed by atoms with E-state index < -0.39 is 0 Å². The van der Waals surface area contributed by atoms with Gasteiger partial charge in [0.1, 0.15) is 0 Å². The highest BCUT2D eigenvalue weighted by Gasteiger charge is 2.30. The molecule has 0 bridgehead atoms. The van der Waals surface area contributed by atoms with Gasteiger partial charge in [-0.2, -0.15) is 0 Å². The van der Waals surface area contributed by atoms with Crippen LogP contribution in [0.15, 0.2) is 29.6 Å². The molecule has 0 saturated heterocycles. The Bertz CT molecular complexity index is 560. The molecule has 0 radical (unpaired) electrons. The number of aromatic nitrogens is 1. The minimum Gasteiger partial charge on any atom is -0.399 e. The highest BCUT2D eigenvalue weighted by Crippen LogP contribution is 2.35. The predicted molar refractivity (Wildman–Crippen MR) is 81.6 cm³/mol. The van der Waals surface area contributed by atoms with E-state index >= 15 is 0 Å². The summed E-state index contributed by atoms with van der Waals surface area (Å²) in [4.78, 5) is 7.15. The molecule has 1 aromatic heterocycles. The van der Waals surface area contributed by atoms with Gasteiger partial charge in [-0.25, -0.2) is 4.98 Å². The summed E-state index contributed by atoms with van der Waals surface area (Å²) in [6, 6.07) is 8.82. The zero-order chi connectivity index (χ0) is 13.2. The largest absolute Gasteiger partial charge is 0.399 e. The fourth-order valence-electron chi connectivity index (χ4n) is 2.22. The lowest BCUT2D eigenvalue weighted by Crippen LogP contribution is -2.24. The normalized spacial score (nSPS) is 14.6. The van der Waals surface area contributed by atoms with Crippen LogP contribution in [-0.4, -0.2) is 11.0 Å². The van der Waals surface area contributed by atoms with Gasteiger partial charge in [0.2, 0.25) is 0 Å². The molecule has 3 rings (SSSR count). The molecule has 1 fully saturated rings. The van der Waals surface area contributed by atoms with Crippen LogP contribution in [0, 0.1) is 0 Å². The number of aryl methyl sites for hydroxylation is 1. The number of hydrogen-bond donors (Lipinski definition) is 1. The zero-order valence-electron chi connectivity index (χ0n) is 11.2. The number of rotatable bonds is 5. The minimum absolute atomic E-state index is 0.664. The molecule has 4 heteroatoms. The summed E-state index contributed by atoms with van der Waals surface area (Å²) in [6.45, 7) is 3.06. The number of nitrogens with two attached hydrogens (primary N) is 1. The summed E-state index contributed by atoms with van der Waals surface area (Å²) >= 11 is 1.76. The molecular weight excluding hydrogens is 254 g/mol. The Morgan fingerprint density at radius 3 is 2.89 bits per heavy atom. The third-order valence-electron chi connectivity index (χ3n) is 3.44. The van der Waals surface area contributed by atoms with Crippen molar-refractivity contribution in [3.63, 3.8) is 0 Å². The number of nitrogen functional groups attached to an aromatic ring is 1. The summed E-state index contributed by atoms with van der Waals surface area (Å²) in [6.07, 6.45) is 3.57. The maximum absolute atomic E-state index is 5.86. The van der Waals surface area contributed by atoms with Crippen LogP contribution in [0.4, 0.5) is 10.8 Å². The van der Waals surface area contributed by atoms with E-state index in [9.17, 15) is 0 Å². The van der Waals surface area contributed by atoms with Gasteiger partial charge in [-0.15, -0.1) is 11.3 Å². The topological polar surface area (TPSA) is 42.1 Å². The van der Waals surface area contributed by atoms with E-state index in [1.165, 1.54) is 24.1 Å². The molecule has 0 amide bonds. The van der Waals surface area contributed by atoms with E-state index in [0.717, 1.165) is 23.8 Å². The van der Waals surface area contributed by atoms with E-state index in [-0.39, 0.29) is 0 Å². The summed E-state index contributed by atoms with van der Waals surface area (Å²) in [5.74, 6) is 0. The van der Waals surface area contributed by atoms with Crippen molar-refractivity contribution >= 4 is 22.2 Å². The van der Waals surface area contributed by atoms with Crippen LogP contribution in [0.1, 0.15) is 31.0 Å². The van der Waals surface area contributed by atoms with E-state index in [2.05, 4.69) is 29.3 Å². The van der Waals surface area contributed by atoms with Crippen molar-refractivity contribution in [3.8, 4) is 0 Å². The predicted octanol–water partition coefficient (Wildman–Crippen LogP) is 3.46. The smallest absolute Gasteiger partial charge is 0.186 e. The minimum atomic E-state index is 0.664. The molecule has 1 aromatic carbocycles. The Morgan fingerprint density at radius 1 is 1.42 bits per heavy atom. The lowest BCUT2D eigenvalue weighted by Gasteiger charge is -2.21. The van der Waals surface area contributed by atoms with Gasteiger partial charge in [0, 0.05) is 23.7 Å². The first-order valence-electron chi connectivity index (χ1n) is 6.81. The molecule has 100 valence electrons. The molecule has 2 aromatic rings. The number of hydrogen-bond acceptors (Lipinski definition) is 4. The second-order valence-corrected chi connectivity index (χ2v) is 5.92. The van der Waals surface area contributed by atoms with Crippen LogP contribution in [0.5, 0.6) is 0 Å². The van der Waals surface area contributed by atoms with Crippen LogP contribution >= 0.6 is 11.3 Å². The van der Waals surface area contributed by atoms with Crippen molar-refractivity contribution in [1.82, 2.24) is 4.98 Å². The maximum atomic E-state index is 5.86. The van der Waals surface area contributed by atoms with Gasteiger partial charge in [-0.3, -0.25) is 0 Å². The second-order valence-electron chi connectivity index (χ2n) is 5.08. The molecular formula is C15H19N3S. The van der Waals surface area contributed by atoms with Crippen LogP contribution in [-0.2, 0) is 13.0 Å². The molecule has 2 N–H and O–H groups in total. The van der Waals surface area contributed by atoms with Crippen molar-refractivity contribution < 1.29 is 0 Å². The highest BCUT2D eigenvalue weighted by molar-refractivity contribution is 7.13. The molecule has 1 heterocycles. The van der Waals surface area contributed by atoms with Gasteiger partial charge in [-0.05, 0) is 37.0 Å². The molecule has 1 aliphatic rings. The highest BCUT2D eigenvalue weighted by atomic mass is 32.1. The summed E-state index contributed by atoms with van der Waals surface area (Å²) in [5, 5.41) is 3.33. The first kappa shape index (κ1) is 12.5. The van der Waals surface area contributed by atoms with Crippen LogP contribution < -0.4 is 10.6 Å². The SMILES string of the molecule is CCc1csc(N(Cc2cccc(N)c2)C2CC2)n1. The van der Waals surface area contributed by atoms with Crippen molar-refractivity contribution in [2.45, 2.75) is 38.8 Å². The van der Waals surface area contributed by atoms with Gasteiger partial charge < -0.3 is 10.6 Å². The average molecular weight is 273 g/mol. The molecule has 3 nitrogen and oxygen atoms in total. The van der Waals surface area contributed by atoms with Crippen molar-refractivity contribution in [3.05, 3.63) is 40.9 Å². The van der Waals surface area contributed by atoms with Crippen LogP contribution in [0.2, 0.25) is 0 Å². The molecule has 0 unspecified atom stereocenters. The van der Waals surface area contributed by atoms with Crippen LogP contribution in [0.3, 0.4) is 0 Å². The van der Waals surface area contributed by atoms with Crippen molar-refractivity contribution in [1.29, 1.82) is 0 Å². The Morgan fingerprint density at radius 2 is 2.26 bits per heavy atom. The van der Waals surface area contributed by atoms with Gasteiger partial charge in [-0.1, -0.05) is 19.1 Å². The van der Waals surface area contributed by atoms with Gasteiger partial charge in [0.05, 0.1) is 5.69 Å². The van der Waals surface area contributed by atoms with Gasteiger partial charge in [0.15, 0.2) is 5.13 Å². The molecule has 1 aliphatic carbocycles. The molecule has 19 heavy (non-hydrogen) atoms. The monoisotopic (exact) mass is 273 g/mol. The summed E-state index contributed by atoms with van der Waals surface area (Å²) in [7, 11) is 0. The first-order chi connectivity index (χ1) is 9.26. The number of benzene rings is 1.